The second kappa shape index (κ2) is 4.30. The third kappa shape index (κ3) is 2.00. The van der Waals surface area contributed by atoms with Crippen molar-refractivity contribution in [1.82, 2.24) is 0 Å². The minimum atomic E-state index is 0.547. The Kier molecular flexibility index (Phi) is 3.21. The topological polar surface area (TPSA) is 13.1 Å². The van der Waals surface area contributed by atoms with E-state index in [1.807, 2.05) is 6.07 Å². The summed E-state index contributed by atoms with van der Waals surface area (Å²) in [7, 11) is 0. The molecule has 1 aromatic heterocycles. The molecule has 0 radical (unpaired) electrons. The van der Waals surface area contributed by atoms with Crippen LogP contribution in [0.15, 0.2) is 27.3 Å². The van der Waals surface area contributed by atoms with E-state index in [-0.39, 0.29) is 0 Å². The van der Waals surface area contributed by atoms with Gasteiger partial charge in [-0.05, 0) is 39.5 Å². The van der Waals surface area contributed by atoms with Crippen molar-refractivity contribution in [3.8, 4) is 0 Å². The van der Waals surface area contributed by atoms with E-state index in [0.29, 0.717) is 5.92 Å². The first-order valence-corrected chi connectivity index (χ1v) is 6.81. The maximum atomic E-state index is 5.61. The van der Waals surface area contributed by atoms with Crippen LogP contribution in [0.5, 0.6) is 0 Å². The number of hydrogen-bond donors (Lipinski definition) is 0. The molecule has 0 bridgehead atoms. The maximum absolute atomic E-state index is 5.61. The van der Waals surface area contributed by atoms with Gasteiger partial charge < -0.3 is 4.42 Å². The van der Waals surface area contributed by atoms with Gasteiger partial charge in [-0.15, -0.1) is 0 Å². The van der Waals surface area contributed by atoms with E-state index >= 15 is 0 Å². The van der Waals surface area contributed by atoms with E-state index in [0.717, 1.165) is 15.6 Å². The number of alkyl halides is 1. The number of rotatable bonds is 2. The van der Waals surface area contributed by atoms with Crippen molar-refractivity contribution in [2.45, 2.75) is 25.1 Å². The molecule has 0 fully saturated rings. The van der Waals surface area contributed by atoms with Gasteiger partial charge in [0.15, 0.2) is 4.67 Å². The van der Waals surface area contributed by atoms with Crippen LogP contribution in [-0.4, -0.2) is 0 Å². The molecular formula is C12H12Br2O. The lowest BCUT2D eigenvalue weighted by Gasteiger charge is -2.04. The van der Waals surface area contributed by atoms with Crippen LogP contribution in [0.2, 0.25) is 0 Å². The van der Waals surface area contributed by atoms with Gasteiger partial charge in [0, 0.05) is 16.3 Å². The highest BCUT2D eigenvalue weighted by atomic mass is 79.9. The lowest BCUT2D eigenvalue weighted by atomic mass is 10.0. The summed E-state index contributed by atoms with van der Waals surface area (Å²) < 4.78 is 6.44. The van der Waals surface area contributed by atoms with E-state index in [4.69, 9.17) is 4.42 Å². The summed E-state index contributed by atoms with van der Waals surface area (Å²) in [6, 6.07) is 6.38. The highest BCUT2D eigenvalue weighted by Crippen LogP contribution is 2.33. The fourth-order valence-corrected chi connectivity index (χ4v) is 3.08. The first-order chi connectivity index (χ1) is 7.13. The van der Waals surface area contributed by atoms with Crippen molar-refractivity contribution in [1.29, 1.82) is 0 Å². The van der Waals surface area contributed by atoms with E-state index in [1.54, 1.807) is 0 Å². The molecule has 0 saturated heterocycles. The van der Waals surface area contributed by atoms with Crippen molar-refractivity contribution < 1.29 is 4.42 Å². The van der Waals surface area contributed by atoms with Crippen LogP contribution >= 0.6 is 31.9 Å². The maximum Gasteiger partial charge on any atom is 0.174 e. The van der Waals surface area contributed by atoms with E-state index in [2.05, 4.69) is 57.8 Å². The summed E-state index contributed by atoms with van der Waals surface area (Å²) in [5, 5.41) is 2.01. The van der Waals surface area contributed by atoms with Gasteiger partial charge in [-0.1, -0.05) is 35.8 Å². The first-order valence-electron chi connectivity index (χ1n) is 4.90. The van der Waals surface area contributed by atoms with Crippen molar-refractivity contribution >= 4 is 42.8 Å². The number of furan rings is 1. The predicted molar refractivity (Wildman–Crippen MR) is 70.6 cm³/mol. The molecule has 1 nitrogen and oxygen atoms in total. The molecule has 0 amide bonds. The average Bonchev–Trinajstić information content (AvgIpc) is 2.51. The fourth-order valence-electron chi connectivity index (χ4n) is 1.62. The molecule has 1 heterocycles. The summed E-state index contributed by atoms with van der Waals surface area (Å²) in [6.45, 7) is 4.40. The zero-order valence-electron chi connectivity index (χ0n) is 8.68. The average molecular weight is 332 g/mol. The van der Waals surface area contributed by atoms with Gasteiger partial charge in [0.1, 0.15) is 5.58 Å². The Morgan fingerprint density at radius 2 is 2.07 bits per heavy atom. The lowest BCUT2D eigenvalue weighted by molar-refractivity contribution is 0.583. The molecule has 0 spiro atoms. The highest BCUT2D eigenvalue weighted by molar-refractivity contribution is 9.10. The minimum absolute atomic E-state index is 0.547. The number of hydrogen-bond acceptors (Lipinski definition) is 1. The quantitative estimate of drug-likeness (QED) is 0.688. The molecule has 0 aliphatic carbocycles. The van der Waals surface area contributed by atoms with Crippen LogP contribution in [0.1, 0.15) is 30.9 Å². The Labute approximate surface area is 106 Å². The Hall–Kier alpha value is -0.280. The van der Waals surface area contributed by atoms with Crippen molar-refractivity contribution in [2.75, 3.05) is 0 Å². The molecule has 0 aliphatic heterocycles. The standard InChI is InChI=1S/C12H12Br2O/c1-7(2)8-3-4-11-9(5-8)10(6-13)12(14)15-11/h3-5,7H,6H2,1-2H3. The lowest BCUT2D eigenvalue weighted by Crippen LogP contribution is -1.86. The molecule has 0 unspecified atom stereocenters. The van der Waals surface area contributed by atoms with Crippen molar-refractivity contribution in [3.05, 3.63) is 34.0 Å². The molecule has 2 aromatic rings. The number of benzene rings is 1. The van der Waals surface area contributed by atoms with E-state index < -0.39 is 0 Å². The van der Waals surface area contributed by atoms with Crippen LogP contribution in [0.25, 0.3) is 11.0 Å². The Bertz CT molecular complexity index is 486. The Morgan fingerprint density at radius 3 is 2.67 bits per heavy atom. The third-order valence-corrected chi connectivity index (χ3v) is 3.77. The van der Waals surface area contributed by atoms with Gasteiger partial charge in [-0.3, -0.25) is 0 Å². The van der Waals surface area contributed by atoms with Gasteiger partial charge in [0.25, 0.3) is 0 Å². The molecule has 3 heteroatoms. The molecule has 0 aliphatic rings. The predicted octanol–water partition coefficient (Wildman–Crippen LogP) is 5.21. The third-order valence-electron chi connectivity index (χ3n) is 2.57. The van der Waals surface area contributed by atoms with E-state index in [1.165, 1.54) is 16.5 Å². The second-order valence-electron chi connectivity index (χ2n) is 3.90. The summed E-state index contributed by atoms with van der Waals surface area (Å²) >= 11 is 6.91. The minimum Gasteiger partial charge on any atom is -0.449 e. The van der Waals surface area contributed by atoms with Crippen molar-refractivity contribution in [3.63, 3.8) is 0 Å². The zero-order valence-corrected chi connectivity index (χ0v) is 11.9. The molecule has 80 valence electrons. The fraction of sp³-hybridized carbons (Fsp3) is 0.333. The molecule has 1 aromatic carbocycles. The van der Waals surface area contributed by atoms with Gasteiger partial charge in [-0.25, -0.2) is 0 Å². The van der Waals surface area contributed by atoms with Crippen LogP contribution in [0.4, 0.5) is 0 Å². The summed E-state index contributed by atoms with van der Waals surface area (Å²) in [6.07, 6.45) is 0. The Morgan fingerprint density at radius 1 is 1.33 bits per heavy atom. The molecule has 0 saturated carbocycles. The summed E-state index contributed by atoms with van der Waals surface area (Å²) in [4.78, 5) is 0. The summed E-state index contributed by atoms with van der Waals surface area (Å²) in [5.41, 5.74) is 3.48. The Balaban J connectivity index is 2.68. The number of fused-ring (bicyclic) bond motifs is 1. The molecule has 0 N–H and O–H groups in total. The van der Waals surface area contributed by atoms with E-state index in [9.17, 15) is 0 Å². The first kappa shape index (κ1) is 11.2. The molecular weight excluding hydrogens is 320 g/mol. The van der Waals surface area contributed by atoms with Crippen LogP contribution in [0.3, 0.4) is 0 Å². The highest BCUT2D eigenvalue weighted by Gasteiger charge is 2.12. The van der Waals surface area contributed by atoms with Crippen LogP contribution < -0.4 is 0 Å². The monoisotopic (exact) mass is 330 g/mol. The summed E-state index contributed by atoms with van der Waals surface area (Å²) in [5.74, 6) is 0.547. The van der Waals surface area contributed by atoms with Gasteiger partial charge in [0.05, 0.1) is 0 Å². The molecule has 2 rings (SSSR count). The van der Waals surface area contributed by atoms with Gasteiger partial charge in [0.2, 0.25) is 0 Å². The normalized spacial score (nSPS) is 11.5. The second-order valence-corrected chi connectivity index (χ2v) is 5.18. The van der Waals surface area contributed by atoms with Crippen LogP contribution in [-0.2, 0) is 5.33 Å². The van der Waals surface area contributed by atoms with Crippen molar-refractivity contribution in [2.24, 2.45) is 0 Å². The SMILES string of the molecule is CC(C)c1ccc2oc(Br)c(CBr)c2c1. The number of halogens is 2. The zero-order chi connectivity index (χ0) is 11.0. The van der Waals surface area contributed by atoms with Gasteiger partial charge in [-0.2, -0.15) is 0 Å². The van der Waals surface area contributed by atoms with Crippen LogP contribution in [0, 0.1) is 0 Å². The van der Waals surface area contributed by atoms with Gasteiger partial charge >= 0.3 is 0 Å². The smallest absolute Gasteiger partial charge is 0.174 e. The molecule has 15 heavy (non-hydrogen) atoms. The largest absolute Gasteiger partial charge is 0.449 e. The molecule has 0 atom stereocenters.